The molecular formula is C18H22ClNO. The smallest absolute Gasteiger partial charge is 0.123 e. The number of hydrogen-bond acceptors (Lipinski definition) is 2. The molecule has 0 amide bonds. The minimum Gasteiger partial charge on any atom is -0.496 e. The Balaban J connectivity index is 2.10. The van der Waals surface area contributed by atoms with Crippen molar-refractivity contribution in [1.29, 1.82) is 0 Å². The first kappa shape index (κ1) is 15.9. The Morgan fingerprint density at radius 2 is 1.86 bits per heavy atom. The molecule has 0 saturated carbocycles. The van der Waals surface area contributed by atoms with Crippen LogP contribution in [0.5, 0.6) is 5.75 Å². The van der Waals surface area contributed by atoms with Crippen molar-refractivity contribution >= 4 is 11.6 Å². The third-order valence-corrected chi connectivity index (χ3v) is 3.90. The molecule has 21 heavy (non-hydrogen) atoms. The van der Waals surface area contributed by atoms with Gasteiger partial charge in [-0.25, -0.2) is 0 Å². The van der Waals surface area contributed by atoms with Crippen molar-refractivity contribution in [2.45, 2.75) is 32.9 Å². The molecule has 2 rings (SSSR count). The molecule has 0 fully saturated rings. The van der Waals surface area contributed by atoms with Crippen molar-refractivity contribution in [2.75, 3.05) is 7.11 Å². The monoisotopic (exact) mass is 303 g/mol. The summed E-state index contributed by atoms with van der Waals surface area (Å²) in [6, 6.07) is 14.7. The van der Waals surface area contributed by atoms with Gasteiger partial charge in [-0.1, -0.05) is 48.4 Å². The summed E-state index contributed by atoms with van der Waals surface area (Å²) in [5.74, 6) is 0.866. The molecule has 1 atom stereocenters. The molecule has 2 aromatic carbocycles. The van der Waals surface area contributed by atoms with Crippen LogP contribution in [0.2, 0.25) is 5.02 Å². The molecule has 0 saturated heterocycles. The Hall–Kier alpha value is -1.51. The van der Waals surface area contributed by atoms with E-state index in [1.54, 1.807) is 7.11 Å². The Bertz CT molecular complexity index is 580. The zero-order valence-corrected chi connectivity index (χ0v) is 13.6. The van der Waals surface area contributed by atoms with Crippen molar-refractivity contribution in [2.24, 2.45) is 0 Å². The Morgan fingerprint density at radius 1 is 1.14 bits per heavy atom. The fourth-order valence-electron chi connectivity index (χ4n) is 2.42. The lowest BCUT2D eigenvalue weighted by Crippen LogP contribution is -2.20. The highest BCUT2D eigenvalue weighted by Crippen LogP contribution is 2.24. The topological polar surface area (TPSA) is 21.3 Å². The molecule has 0 bridgehead atoms. The van der Waals surface area contributed by atoms with Gasteiger partial charge in [0.05, 0.1) is 7.11 Å². The molecule has 3 heteroatoms. The van der Waals surface area contributed by atoms with Gasteiger partial charge in [0, 0.05) is 23.2 Å². The number of benzene rings is 2. The molecule has 1 N–H and O–H groups in total. The van der Waals surface area contributed by atoms with Crippen molar-refractivity contribution < 1.29 is 4.74 Å². The number of aryl methyl sites for hydroxylation is 1. The zero-order chi connectivity index (χ0) is 15.2. The van der Waals surface area contributed by atoms with E-state index in [0.29, 0.717) is 6.04 Å². The average molecular weight is 304 g/mol. The molecule has 0 aliphatic carbocycles. The zero-order valence-electron chi connectivity index (χ0n) is 12.8. The van der Waals surface area contributed by atoms with E-state index in [9.17, 15) is 0 Å². The fourth-order valence-corrected chi connectivity index (χ4v) is 2.61. The average Bonchev–Trinajstić information content (AvgIpc) is 2.50. The summed E-state index contributed by atoms with van der Waals surface area (Å²) in [4.78, 5) is 0. The van der Waals surface area contributed by atoms with E-state index in [4.69, 9.17) is 16.3 Å². The van der Waals surface area contributed by atoms with Crippen LogP contribution in [0.3, 0.4) is 0 Å². The van der Waals surface area contributed by atoms with E-state index in [1.165, 1.54) is 11.1 Å². The van der Waals surface area contributed by atoms with Crippen LogP contribution in [0.1, 0.15) is 36.1 Å². The third-order valence-electron chi connectivity index (χ3n) is 3.67. The Morgan fingerprint density at radius 3 is 2.48 bits per heavy atom. The number of rotatable bonds is 6. The quantitative estimate of drug-likeness (QED) is 0.819. The highest BCUT2D eigenvalue weighted by atomic mass is 35.5. The summed E-state index contributed by atoms with van der Waals surface area (Å²) in [5.41, 5.74) is 3.67. The van der Waals surface area contributed by atoms with Gasteiger partial charge in [0.1, 0.15) is 5.75 Å². The van der Waals surface area contributed by atoms with Crippen molar-refractivity contribution in [3.8, 4) is 5.75 Å². The molecule has 0 aromatic heterocycles. The van der Waals surface area contributed by atoms with Gasteiger partial charge < -0.3 is 10.1 Å². The minimum atomic E-state index is 0.328. The van der Waals surface area contributed by atoms with E-state index in [1.807, 2.05) is 18.2 Å². The predicted molar refractivity (Wildman–Crippen MR) is 89.1 cm³/mol. The maximum absolute atomic E-state index is 6.07. The van der Waals surface area contributed by atoms with Crippen LogP contribution < -0.4 is 10.1 Å². The Kier molecular flexibility index (Phi) is 5.66. The molecular weight excluding hydrogens is 282 g/mol. The van der Waals surface area contributed by atoms with Crippen molar-refractivity contribution in [3.05, 3.63) is 64.2 Å². The van der Waals surface area contributed by atoms with Crippen LogP contribution in [0.15, 0.2) is 42.5 Å². The normalized spacial score (nSPS) is 12.2. The maximum atomic E-state index is 6.07. The molecule has 0 aliphatic heterocycles. The first-order valence-electron chi connectivity index (χ1n) is 7.26. The van der Waals surface area contributed by atoms with Crippen LogP contribution in [0.25, 0.3) is 0 Å². The number of nitrogens with one attached hydrogen (secondary N) is 1. The van der Waals surface area contributed by atoms with Gasteiger partial charge in [0.15, 0.2) is 0 Å². The molecule has 2 nitrogen and oxygen atoms in total. The van der Waals surface area contributed by atoms with E-state index < -0.39 is 0 Å². The summed E-state index contributed by atoms with van der Waals surface area (Å²) < 4.78 is 5.39. The molecule has 0 radical (unpaired) electrons. The third kappa shape index (κ3) is 4.23. The maximum Gasteiger partial charge on any atom is 0.123 e. The number of ether oxygens (including phenoxy) is 1. The standard InChI is InChI=1S/C18H22ClNO/c1-4-17(14-7-5-13(2)6-8-14)20-12-15-11-16(19)9-10-18(15)21-3/h5-11,17,20H,4,12H2,1-3H3. The summed E-state index contributed by atoms with van der Waals surface area (Å²) in [6.45, 7) is 5.03. The van der Waals surface area contributed by atoms with Crippen LogP contribution in [-0.4, -0.2) is 7.11 Å². The highest BCUT2D eigenvalue weighted by Gasteiger charge is 2.10. The summed E-state index contributed by atoms with van der Waals surface area (Å²) in [5, 5.41) is 4.32. The lowest BCUT2D eigenvalue weighted by atomic mass is 10.0. The van der Waals surface area contributed by atoms with E-state index >= 15 is 0 Å². The lowest BCUT2D eigenvalue weighted by molar-refractivity contribution is 0.404. The first-order chi connectivity index (χ1) is 10.1. The van der Waals surface area contributed by atoms with Gasteiger partial charge >= 0.3 is 0 Å². The van der Waals surface area contributed by atoms with Gasteiger partial charge in [-0.2, -0.15) is 0 Å². The minimum absolute atomic E-state index is 0.328. The fraction of sp³-hybridized carbons (Fsp3) is 0.333. The molecule has 2 aromatic rings. The Labute approximate surface area is 132 Å². The predicted octanol–water partition coefficient (Wildman–Crippen LogP) is 4.90. The molecule has 0 spiro atoms. The summed E-state index contributed by atoms with van der Waals surface area (Å²) in [7, 11) is 1.68. The van der Waals surface area contributed by atoms with Gasteiger partial charge in [-0.05, 0) is 37.1 Å². The lowest BCUT2D eigenvalue weighted by Gasteiger charge is -2.19. The second-order valence-electron chi connectivity index (χ2n) is 5.21. The first-order valence-corrected chi connectivity index (χ1v) is 7.64. The van der Waals surface area contributed by atoms with Crippen LogP contribution >= 0.6 is 11.6 Å². The SMILES string of the molecule is CCC(NCc1cc(Cl)ccc1OC)c1ccc(C)cc1. The van der Waals surface area contributed by atoms with Crippen molar-refractivity contribution in [3.63, 3.8) is 0 Å². The number of hydrogen-bond donors (Lipinski definition) is 1. The highest BCUT2D eigenvalue weighted by molar-refractivity contribution is 6.30. The molecule has 0 aliphatic rings. The number of methoxy groups -OCH3 is 1. The molecule has 1 unspecified atom stereocenters. The molecule has 0 heterocycles. The van der Waals surface area contributed by atoms with E-state index in [-0.39, 0.29) is 0 Å². The molecule has 112 valence electrons. The van der Waals surface area contributed by atoms with Crippen molar-refractivity contribution in [1.82, 2.24) is 5.32 Å². The van der Waals surface area contributed by atoms with Gasteiger partial charge in [-0.15, -0.1) is 0 Å². The summed E-state index contributed by atoms with van der Waals surface area (Å²) in [6.07, 6.45) is 1.03. The largest absolute Gasteiger partial charge is 0.496 e. The summed E-state index contributed by atoms with van der Waals surface area (Å²) >= 11 is 6.07. The van der Waals surface area contributed by atoms with E-state index in [0.717, 1.165) is 29.3 Å². The number of halogens is 1. The van der Waals surface area contributed by atoms with Crippen LogP contribution in [-0.2, 0) is 6.54 Å². The van der Waals surface area contributed by atoms with Gasteiger partial charge in [0.25, 0.3) is 0 Å². The second-order valence-corrected chi connectivity index (χ2v) is 5.65. The second kappa shape index (κ2) is 7.48. The van der Waals surface area contributed by atoms with Crippen LogP contribution in [0, 0.1) is 6.92 Å². The van der Waals surface area contributed by atoms with E-state index in [2.05, 4.69) is 43.4 Å². The van der Waals surface area contributed by atoms with Gasteiger partial charge in [0.2, 0.25) is 0 Å². The van der Waals surface area contributed by atoms with Gasteiger partial charge in [-0.3, -0.25) is 0 Å². The van der Waals surface area contributed by atoms with Crippen LogP contribution in [0.4, 0.5) is 0 Å².